The second-order valence-corrected chi connectivity index (χ2v) is 11.2. The lowest BCUT2D eigenvalue weighted by atomic mass is 9.73. The van der Waals surface area contributed by atoms with Gasteiger partial charge in [0.25, 0.3) is 0 Å². The number of fused-ring (bicyclic) bond motifs is 2. The standard InChI is InChI=1S/C32H42O7/c1-3-4-5-8-25(39-32(36)20-37-24-12-10-21(2)11-13-24)14-15-26-27-16-22-7-6-9-30(38-19-31(34)35)28(22)17-23(27)18-29(26)33/h6-7,9-13,23,25-27,29,33H,3-5,8,14-20H2,1-2H3,(H,34,35)/t23-,25-,26+,27-,29+/m0/s1. The lowest BCUT2D eigenvalue weighted by Crippen LogP contribution is -2.29. The van der Waals surface area contributed by atoms with Crippen LogP contribution in [0.1, 0.15) is 68.6 Å². The summed E-state index contributed by atoms with van der Waals surface area (Å²) in [6.07, 6.45) is 7.30. The molecule has 0 spiro atoms. The topological polar surface area (TPSA) is 102 Å². The summed E-state index contributed by atoms with van der Waals surface area (Å²) in [6, 6.07) is 13.4. The molecule has 0 bridgehead atoms. The van der Waals surface area contributed by atoms with Crippen molar-refractivity contribution in [2.24, 2.45) is 17.8 Å². The number of carbonyl (C=O) groups is 2. The highest BCUT2D eigenvalue weighted by Gasteiger charge is 2.45. The van der Waals surface area contributed by atoms with E-state index in [1.807, 2.05) is 43.3 Å². The molecule has 39 heavy (non-hydrogen) atoms. The fraction of sp³-hybridized carbons (Fsp3) is 0.562. The van der Waals surface area contributed by atoms with Crippen molar-refractivity contribution in [1.82, 2.24) is 0 Å². The fourth-order valence-corrected chi connectivity index (χ4v) is 6.34. The van der Waals surface area contributed by atoms with E-state index in [9.17, 15) is 14.7 Å². The third-order valence-electron chi connectivity index (χ3n) is 8.32. The summed E-state index contributed by atoms with van der Waals surface area (Å²) < 4.78 is 17.1. The largest absolute Gasteiger partial charge is 0.482 e. The second kappa shape index (κ2) is 13.8. The van der Waals surface area contributed by atoms with E-state index in [2.05, 4.69) is 13.0 Å². The molecule has 212 valence electrons. The quantitative estimate of drug-likeness (QED) is 0.241. The van der Waals surface area contributed by atoms with E-state index < -0.39 is 12.1 Å². The zero-order valence-electron chi connectivity index (χ0n) is 23.1. The molecule has 0 saturated heterocycles. The molecule has 7 nitrogen and oxygen atoms in total. The monoisotopic (exact) mass is 538 g/mol. The summed E-state index contributed by atoms with van der Waals surface area (Å²) in [7, 11) is 0. The van der Waals surface area contributed by atoms with Crippen molar-refractivity contribution in [3.63, 3.8) is 0 Å². The number of aryl methyl sites for hydroxylation is 1. The van der Waals surface area contributed by atoms with Gasteiger partial charge in [0.15, 0.2) is 13.2 Å². The molecule has 2 N–H and O–H groups in total. The Bertz CT molecular complexity index is 1100. The third-order valence-corrected chi connectivity index (χ3v) is 8.32. The number of esters is 1. The minimum atomic E-state index is -0.992. The van der Waals surface area contributed by atoms with Gasteiger partial charge in [-0.2, -0.15) is 0 Å². The highest BCUT2D eigenvalue weighted by Crippen LogP contribution is 2.48. The Morgan fingerprint density at radius 3 is 2.54 bits per heavy atom. The van der Waals surface area contributed by atoms with Gasteiger partial charge in [0.1, 0.15) is 17.6 Å². The van der Waals surface area contributed by atoms with Gasteiger partial charge in [0.05, 0.1) is 6.10 Å². The van der Waals surface area contributed by atoms with Gasteiger partial charge in [0, 0.05) is 0 Å². The molecule has 7 heteroatoms. The molecule has 0 heterocycles. The number of carbonyl (C=O) groups excluding carboxylic acids is 1. The Kier molecular flexibility index (Phi) is 10.3. The van der Waals surface area contributed by atoms with Crippen LogP contribution < -0.4 is 9.47 Å². The van der Waals surface area contributed by atoms with Crippen LogP contribution in [0.4, 0.5) is 0 Å². The third kappa shape index (κ3) is 7.98. The molecule has 0 radical (unpaired) electrons. The highest BCUT2D eigenvalue weighted by molar-refractivity contribution is 5.71. The SMILES string of the molecule is CCCCC[C@@H](CC[C@@H]1[C@H]2Cc3cccc(OCC(=O)O)c3C[C@H]2C[C@H]1O)OC(=O)COc1ccc(C)cc1. The number of benzene rings is 2. The van der Waals surface area contributed by atoms with E-state index >= 15 is 0 Å². The number of aliphatic hydroxyl groups is 1. The van der Waals surface area contributed by atoms with Crippen LogP contribution in [0.2, 0.25) is 0 Å². The highest BCUT2D eigenvalue weighted by atomic mass is 16.6. The first kappa shape index (κ1) is 28.9. The molecular formula is C32H42O7. The first-order valence-corrected chi connectivity index (χ1v) is 14.4. The van der Waals surface area contributed by atoms with E-state index in [1.54, 1.807) is 0 Å². The predicted octanol–water partition coefficient (Wildman–Crippen LogP) is 5.52. The van der Waals surface area contributed by atoms with E-state index in [1.165, 1.54) is 5.56 Å². The van der Waals surface area contributed by atoms with Gasteiger partial charge >= 0.3 is 11.9 Å². The molecule has 0 aromatic heterocycles. The van der Waals surface area contributed by atoms with Crippen molar-refractivity contribution in [3.8, 4) is 11.5 Å². The van der Waals surface area contributed by atoms with E-state index in [-0.39, 0.29) is 31.2 Å². The summed E-state index contributed by atoms with van der Waals surface area (Å²) in [5.41, 5.74) is 3.39. The Morgan fingerprint density at radius 1 is 1.00 bits per heavy atom. The number of hydrogen-bond donors (Lipinski definition) is 2. The van der Waals surface area contributed by atoms with Crippen molar-refractivity contribution in [3.05, 3.63) is 59.2 Å². The molecule has 2 aliphatic carbocycles. The molecule has 1 fully saturated rings. The van der Waals surface area contributed by atoms with Crippen molar-refractivity contribution >= 4 is 11.9 Å². The van der Waals surface area contributed by atoms with Crippen LogP contribution in [0.3, 0.4) is 0 Å². The zero-order valence-corrected chi connectivity index (χ0v) is 23.1. The normalized spacial score (nSPS) is 22.4. The van der Waals surface area contributed by atoms with Crippen molar-refractivity contribution in [1.29, 1.82) is 0 Å². The Labute approximate surface area is 231 Å². The number of aliphatic hydroxyl groups excluding tert-OH is 1. The van der Waals surface area contributed by atoms with Gasteiger partial charge < -0.3 is 24.4 Å². The summed E-state index contributed by atoms with van der Waals surface area (Å²) in [4.78, 5) is 23.6. The van der Waals surface area contributed by atoms with Crippen LogP contribution in [-0.4, -0.2) is 47.6 Å². The van der Waals surface area contributed by atoms with Crippen molar-refractivity contribution < 1.29 is 34.0 Å². The van der Waals surface area contributed by atoms with Crippen molar-refractivity contribution in [2.75, 3.05) is 13.2 Å². The van der Waals surface area contributed by atoms with E-state index in [0.717, 1.165) is 68.9 Å². The first-order valence-electron chi connectivity index (χ1n) is 14.4. The number of carboxylic acids is 1. The number of aliphatic carboxylic acids is 1. The first-order chi connectivity index (χ1) is 18.8. The minimum Gasteiger partial charge on any atom is -0.482 e. The summed E-state index contributed by atoms with van der Waals surface area (Å²) >= 11 is 0. The van der Waals surface area contributed by atoms with Crippen molar-refractivity contribution in [2.45, 2.75) is 83.8 Å². The maximum atomic E-state index is 12.6. The number of hydrogen-bond acceptors (Lipinski definition) is 6. The maximum Gasteiger partial charge on any atom is 0.344 e. The van der Waals surface area contributed by atoms with Crippen LogP contribution in [0.5, 0.6) is 11.5 Å². The Hall–Kier alpha value is -3.06. The number of rotatable bonds is 14. The fourth-order valence-electron chi connectivity index (χ4n) is 6.34. The lowest BCUT2D eigenvalue weighted by molar-refractivity contribution is -0.152. The van der Waals surface area contributed by atoms with Gasteiger partial charge in [-0.3, -0.25) is 0 Å². The van der Waals surface area contributed by atoms with E-state index in [4.69, 9.17) is 19.3 Å². The van der Waals surface area contributed by atoms with Crippen LogP contribution in [0, 0.1) is 24.7 Å². The van der Waals surface area contributed by atoms with Gasteiger partial charge in [-0.25, -0.2) is 9.59 Å². The lowest BCUT2D eigenvalue weighted by Gasteiger charge is -2.32. The smallest absolute Gasteiger partial charge is 0.344 e. The number of carboxylic acid groups (broad SMARTS) is 1. The molecule has 0 amide bonds. The Balaban J connectivity index is 1.35. The zero-order chi connectivity index (χ0) is 27.8. The molecule has 1 saturated carbocycles. The average molecular weight is 539 g/mol. The molecule has 2 aromatic carbocycles. The number of ether oxygens (including phenoxy) is 3. The molecule has 0 unspecified atom stereocenters. The van der Waals surface area contributed by atoms with Gasteiger partial charge in [-0.15, -0.1) is 0 Å². The summed E-state index contributed by atoms with van der Waals surface area (Å²) in [5, 5.41) is 20.1. The summed E-state index contributed by atoms with van der Waals surface area (Å²) in [5.74, 6) is 0.755. The molecule has 4 rings (SSSR count). The molecule has 2 aromatic rings. The van der Waals surface area contributed by atoms with Gasteiger partial charge in [-0.05, 0) is 98.9 Å². The molecular weight excluding hydrogens is 496 g/mol. The van der Waals surface area contributed by atoms with Gasteiger partial charge in [-0.1, -0.05) is 49.6 Å². The van der Waals surface area contributed by atoms with Crippen LogP contribution in [0.15, 0.2) is 42.5 Å². The van der Waals surface area contributed by atoms with Crippen LogP contribution in [-0.2, 0) is 27.2 Å². The predicted molar refractivity (Wildman–Crippen MR) is 148 cm³/mol. The van der Waals surface area contributed by atoms with E-state index in [0.29, 0.717) is 23.3 Å². The average Bonchev–Trinajstić information content (AvgIpc) is 3.22. The van der Waals surface area contributed by atoms with Crippen LogP contribution >= 0.6 is 0 Å². The Morgan fingerprint density at radius 2 is 1.79 bits per heavy atom. The molecule has 0 aliphatic heterocycles. The number of unbranched alkanes of at least 4 members (excludes halogenated alkanes) is 2. The summed E-state index contributed by atoms with van der Waals surface area (Å²) in [6.45, 7) is 3.68. The van der Waals surface area contributed by atoms with Crippen LogP contribution in [0.25, 0.3) is 0 Å². The maximum absolute atomic E-state index is 12.6. The molecule has 5 atom stereocenters. The van der Waals surface area contributed by atoms with Gasteiger partial charge in [0.2, 0.25) is 0 Å². The second-order valence-electron chi connectivity index (χ2n) is 11.2. The minimum absolute atomic E-state index is 0.118. The molecule has 2 aliphatic rings.